The molecule has 2 N–H and O–H groups in total. The van der Waals surface area contributed by atoms with Crippen LogP contribution in [0.1, 0.15) is 28.3 Å². The number of nitrogens with one attached hydrogen (secondary N) is 2. The zero-order chi connectivity index (χ0) is 17.5. The molecule has 2 rings (SSSR count). The Hall–Kier alpha value is -1.29. The fraction of sp³-hybridized carbons (Fsp3) is 0.412. The molecule has 2 aromatic rings. The number of aryl methyl sites for hydroxylation is 1. The van der Waals surface area contributed by atoms with Gasteiger partial charge in [0.1, 0.15) is 0 Å². The highest BCUT2D eigenvalue weighted by Crippen LogP contribution is 2.17. The molecule has 0 radical (unpaired) electrons. The van der Waals surface area contributed by atoms with E-state index in [1.165, 1.54) is 10.9 Å². The van der Waals surface area contributed by atoms with Crippen molar-refractivity contribution in [3.8, 4) is 0 Å². The van der Waals surface area contributed by atoms with Gasteiger partial charge >= 0.3 is 0 Å². The van der Waals surface area contributed by atoms with Crippen molar-refractivity contribution in [2.45, 2.75) is 26.2 Å². The van der Waals surface area contributed by atoms with Crippen LogP contribution in [0.4, 0.5) is 8.78 Å². The van der Waals surface area contributed by atoms with Crippen molar-refractivity contribution >= 4 is 41.3 Å². The maximum atomic E-state index is 13.3. The van der Waals surface area contributed by atoms with Gasteiger partial charge in [-0.3, -0.25) is 4.99 Å². The van der Waals surface area contributed by atoms with Crippen molar-refractivity contribution in [2.24, 2.45) is 4.99 Å². The normalized spacial score (nSPS) is 12.4. The molecule has 1 unspecified atom stereocenters. The number of guanidine groups is 1. The second-order valence-electron chi connectivity index (χ2n) is 5.57. The molecule has 0 aliphatic carbocycles. The summed E-state index contributed by atoms with van der Waals surface area (Å²) in [5.41, 5.74) is 0.745. The Morgan fingerprint density at radius 1 is 1.28 bits per heavy atom. The molecule has 0 aliphatic rings. The van der Waals surface area contributed by atoms with Crippen LogP contribution >= 0.6 is 35.3 Å². The molecule has 0 amide bonds. The third kappa shape index (κ3) is 6.85. The Morgan fingerprint density at radius 2 is 2.04 bits per heavy atom. The number of halogens is 3. The van der Waals surface area contributed by atoms with E-state index in [-0.39, 0.29) is 29.9 Å². The average Bonchev–Trinajstić information content (AvgIpc) is 2.98. The van der Waals surface area contributed by atoms with E-state index in [0.29, 0.717) is 12.5 Å². The van der Waals surface area contributed by atoms with Crippen molar-refractivity contribution in [1.82, 2.24) is 15.6 Å². The van der Waals surface area contributed by atoms with E-state index in [4.69, 9.17) is 0 Å². The number of nitrogens with zero attached hydrogens (tertiary/aromatic N) is 2. The quantitative estimate of drug-likeness (QED) is 0.375. The van der Waals surface area contributed by atoms with E-state index in [1.807, 2.05) is 20.0 Å². The fourth-order valence-electron chi connectivity index (χ4n) is 2.21. The van der Waals surface area contributed by atoms with Gasteiger partial charge in [0.2, 0.25) is 0 Å². The Morgan fingerprint density at radius 3 is 2.64 bits per heavy atom. The van der Waals surface area contributed by atoms with Crippen LogP contribution in [-0.4, -0.2) is 31.1 Å². The minimum atomic E-state index is -0.825. The first-order valence-electron chi connectivity index (χ1n) is 7.80. The molecule has 0 fully saturated rings. The summed E-state index contributed by atoms with van der Waals surface area (Å²) in [6, 6.07) is 4.00. The maximum absolute atomic E-state index is 13.3. The number of hydrogen-bond donors (Lipinski definition) is 2. The van der Waals surface area contributed by atoms with Crippen molar-refractivity contribution in [1.29, 1.82) is 0 Å². The van der Waals surface area contributed by atoms with Crippen LogP contribution in [0.25, 0.3) is 0 Å². The first kappa shape index (κ1) is 21.8. The lowest BCUT2D eigenvalue weighted by Crippen LogP contribution is -2.39. The van der Waals surface area contributed by atoms with Gasteiger partial charge in [0.25, 0.3) is 0 Å². The van der Waals surface area contributed by atoms with Crippen molar-refractivity contribution in [3.63, 3.8) is 0 Å². The Labute approximate surface area is 168 Å². The third-order valence-electron chi connectivity index (χ3n) is 3.61. The van der Waals surface area contributed by atoms with Gasteiger partial charge in [0, 0.05) is 37.6 Å². The highest BCUT2D eigenvalue weighted by Gasteiger charge is 2.10. The highest BCUT2D eigenvalue weighted by molar-refractivity contribution is 14.0. The van der Waals surface area contributed by atoms with E-state index < -0.39 is 11.6 Å². The molecule has 0 spiro atoms. The van der Waals surface area contributed by atoms with Gasteiger partial charge < -0.3 is 10.6 Å². The van der Waals surface area contributed by atoms with E-state index in [2.05, 4.69) is 20.6 Å². The molecule has 0 bridgehead atoms. The SMILES string of the molecule is CN=C(NCCc1ncc(C)s1)NCC(C)c1ccc(F)c(F)c1.I. The van der Waals surface area contributed by atoms with Crippen molar-refractivity contribution in [3.05, 3.63) is 51.5 Å². The molecule has 1 heterocycles. The minimum absolute atomic E-state index is 0. The summed E-state index contributed by atoms with van der Waals surface area (Å²) in [7, 11) is 1.70. The Kier molecular flexibility index (Phi) is 9.26. The topological polar surface area (TPSA) is 49.3 Å². The molecule has 1 aromatic heterocycles. The summed E-state index contributed by atoms with van der Waals surface area (Å²) in [5.74, 6) is -0.938. The van der Waals surface area contributed by atoms with Gasteiger partial charge in [-0.05, 0) is 30.5 Å². The number of benzene rings is 1. The number of hydrogen-bond acceptors (Lipinski definition) is 3. The van der Waals surface area contributed by atoms with Crippen LogP contribution in [0.3, 0.4) is 0 Å². The van der Waals surface area contributed by atoms with Crippen LogP contribution in [0.5, 0.6) is 0 Å². The number of aromatic nitrogens is 1. The number of aliphatic imine (C=N–C) groups is 1. The fourth-order valence-corrected chi connectivity index (χ4v) is 3.00. The largest absolute Gasteiger partial charge is 0.356 e. The Bertz CT molecular complexity index is 706. The first-order chi connectivity index (χ1) is 11.5. The zero-order valence-corrected chi connectivity index (χ0v) is 17.6. The summed E-state index contributed by atoms with van der Waals surface area (Å²) in [6.45, 7) is 5.29. The Balaban J connectivity index is 0.00000312. The van der Waals surface area contributed by atoms with Gasteiger partial charge in [0.15, 0.2) is 17.6 Å². The summed E-state index contributed by atoms with van der Waals surface area (Å²) in [4.78, 5) is 9.69. The molecular formula is C17H23F2IN4S. The van der Waals surface area contributed by atoms with Gasteiger partial charge in [0.05, 0.1) is 5.01 Å². The molecule has 0 saturated carbocycles. The standard InChI is InChI=1S/C17H22F2N4S.HI/c1-11(13-4-5-14(18)15(19)8-13)9-23-17(20-3)21-7-6-16-22-10-12(2)24-16;/h4-5,8,10-11H,6-7,9H2,1-3H3,(H2,20,21,23);1H. The zero-order valence-electron chi connectivity index (χ0n) is 14.5. The summed E-state index contributed by atoms with van der Waals surface area (Å²) >= 11 is 1.69. The molecule has 4 nitrogen and oxygen atoms in total. The number of thiazole rings is 1. The first-order valence-corrected chi connectivity index (χ1v) is 8.62. The van der Waals surface area contributed by atoms with Gasteiger partial charge in [-0.1, -0.05) is 13.0 Å². The molecule has 1 atom stereocenters. The van der Waals surface area contributed by atoms with Crippen LogP contribution in [0, 0.1) is 18.6 Å². The molecule has 0 aliphatic heterocycles. The second kappa shape index (κ2) is 10.6. The average molecular weight is 480 g/mol. The highest BCUT2D eigenvalue weighted by atomic mass is 127. The van der Waals surface area contributed by atoms with Crippen LogP contribution < -0.4 is 10.6 Å². The molecule has 138 valence electrons. The number of rotatable bonds is 6. The van der Waals surface area contributed by atoms with E-state index in [9.17, 15) is 8.78 Å². The van der Waals surface area contributed by atoms with E-state index in [1.54, 1.807) is 24.5 Å². The van der Waals surface area contributed by atoms with Crippen molar-refractivity contribution in [2.75, 3.05) is 20.1 Å². The van der Waals surface area contributed by atoms with E-state index >= 15 is 0 Å². The monoisotopic (exact) mass is 480 g/mol. The molecule has 1 aromatic carbocycles. The third-order valence-corrected chi connectivity index (χ3v) is 4.58. The minimum Gasteiger partial charge on any atom is -0.356 e. The lowest BCUT2D eigenvalue weighted by Gasteiger charge is -2.16. The maximum Gasteiger partial charge on any atom is 0.191 e. The van der Waals surface area contributed by atoms with Gasteiger partial charge in [-0.25, -0.2) is 13.8 Å². The summed E-state index contributed by atoms with van der Waals surface area (Å²) in [5, 5.41) is 7.51. The van der Waals surface area contributed by atoms with Crippen LogP contribution in [0.15, 0.2) is 29.4 Å². The summed E-state index contributed by atoms with van der Waals surface area (Å²) in [6.07, 6.45) is 2.70. The molecular weight excluding hydrogens is 457 g/mol. The summed E-state index contributed by atoms with van der Waals surface area (Å²) < 4.78 is 26.3. The smallest absolute Gasteiger partial charge is 0.191 e. The van der Waals surface area contributed by atoms with Gasteiger partial charge in [-0.2, -0.15) is 0 Å². The van der Waals surface area contributed by atoms with Crippen LogP contribution in [-0.2, 0) is 6.42 Å². The van der Waals surface area contributed by atoms with E-state index in [0.717, 1.165) is 29.6 Å². The van der Waals surface area contributed by atoms with Crippen LogP contribution in [0.2, 0.25) is 0 Å². The predicted molar refractivity (Wildman–Crippen MR) is 110 cm³/mol. The molecule has 8 heteroatoms. The lowest BCUT2D eigenvalue weighted by molar-refractivity contribution is 0.505. The second-order valence-corrected chi connectivity index (χ2v) is 6.89. The molecule has 25 heavy (non-hydrogen) atoms. The predicted octanol–water partition coefficient (Wildman–Crippen LogP) is 3.86. The van der Waals surface area contributed by atoms with Crippen molar-refractivity contribution < 1.29 is 8.78 Å². The van der Waals surface area contributed by atoms with Gasteiger partial charge in [-0.15, -0.1) is 35.3 Å². The lowest BCUT2D eigenvalue weighted by atomic mass is 10.0. The molecule has 0 saturated heterocycles.